The minimum absolute atomic E-state index is 0.755. The van der Waals surface area contributed by atoms with Gasteiger partial charge in [0.1, 0.15) is 0 Å². The van der Waals surface area contributed by atoms with E-state index in [-0.39, 0.29) is 0 Å². The number of carbonyl (C=O) groups excluding carboxylic acids is 1. The van der Waals surface area contributed by atoms with Crippen LogP contribution in [0.2, 0.25) is 0 Å². The van der Waals surface area contributed by atoms with E-state index in [1.165, 1.54) is 43.1 Å². The zero-order valence-corrected chi connectivity index (χ0v) is 14.0. The van der Waals surface area contributed by atoms with E-state index in [2.05, 4.69) is 66.7 Å². The zero-order chi connectivity index (χ0) is 17.3. The average molecular weight is 330 g/mol. The molecular formula is C25H14O. The van der Waals surface area contributed by atoms with Gasteiger partial charge < -0.3 is 0 Å². The maximum Gasteiger partial charge on any atom is 0.150 e. The van der Waals surface area contributed by atoms with E-state index in [1.807, 2.05) is 12.1 Å². The minimum atomic E-state index is 0.755. The third-order valence-corrected chi connectivity index (χ3v) is 5.63. The normalized spacial score (nSPS) is 12.0. The predicted molar refractivity (Wildman–Crippen MR) is 111 cm³/mol. The summed E-state index contributed by atoms with van der Waals surface area (Å²) in [5.41, 5.74) is 0.755. The molecule has 0 aromatic heterocycles. The van der Waals surface area contributed by atoms with Crippen molar-refractivity contribution in [2.45, 2.75) is 0 Å². The van der Waals surface area contributed by atoms with Gasteiger partial charge in [0, 0.05) is 10.9 Å². The molecule has 0 bridgehead atoms. The number of fused-ring (bicyclic) bond motifs is 5. The lowest BCUT2D eigenvalue weighted by molar-refractivity contribution is 0.112. The van der Waals surface area contributed by atoms with E-state index >= 15 is 0 Å². The summed E-state index contributed by atoms with van der Waals surface area (Å²) < 4.78 is 0. The summed E-state index contributed by atoms with van der Waals surface area (Å²) in [5, 5.41) is 12.1. The molecule has 1 nitrogen and oxygen atoms in total. The van der Waals surface area contributed by atoms with Crippen LogP contribution in [0.3, 0.4) is 0 Å². The summed E-state index contributed by atoms with van der Waals surface area (Å²) in [6.45, 7) is 0. The molecule has 26 heavy (non-hydrogen) atoms. The van der Waals surface area contributed by atoms with E-state index in [0.29, 0.717) is 0 Å². The van der Waals surface area contributed by atoms with E-state index in [0.717, 1.165) is 22.6 Å². The molecule has 0 aliphatic heterocycles. The second-order valence-electron chi connectivity index (χ2n) is 6.93. The fourth-order valence-corrected chi connectivity index (χ4v) is 4.60. The van der Waals surface area contributed by atoms with Gasteiger partial charge in [-0.15, -0.1) is 0 Å². The lowest BCUT2D eigenvalue weighted by Crippen LogP contribution is -1.91. The molecule has 0 spiro atoms. The highest BCUT2D eigenvalue weighted by atomic mass is 16.1. The lowest BCUT2D eigenvalue weighted by Gasteiger charge is -2.17. The third-order valence-electron chi connectivity index (χ3n) is 5.63. The topological polar surface area (TPSA) is 17.1 Å². The third kappa shape index (κ3) is 1.58. The first-order chi connectivity index (χ1) is 12.9. The number of hydrogen-bond donors (Lipinski definition) is 0. The van der Waals surface area contributed by atoms with Crippen LogP contribution in [0.5, 0.6) is 0 Å². The van der Waals surface area contributed by atoms with Crippen molar-refractivity contribution in [2.24, 2.45) is 0 Å². The number of hydrogen-bond acceptors (Lipinski definition) is 1. The highest BCUT2D eigenvalue weighted by Gasteiger charge is 2.16. The molecule has 1 heteroatoms. The summed E-state index contributed by atoms with van der Waals surface area (Å²) >= 11 is 0. The molecule has 6 aromatic carbocycles. The highest BCUT2D eigenvalue weighted by molar-refractivity contribution is 6.39. The van der Waals surface area contributed by atoms with Crippen LogP contribution in [-0.4, -0.2) is 6.29 Å². The zero-order valence-electron chi connectivity index (χ0n) is 14.0. The predicted octanol–water partition coefficient (Wildman–Crippen LogP) is 6.70. The van der Waals surface area contributed by atoms with E-state index in [4.69, 9.17) is 0 Å². The summed E-state index contributed by atoms with van der Waals surface area (Å²) in [6, 6.07) is 27.7. The summed E-state index contributed by atoms with van der Waals surface area (Å²) in [4.78, 5) is 11.8. The van der Waals surface area contributed by atoms with Crippen LogP contribution >= 0.6 is 0 Å². The maximum atomic E-state index is 11.8. The lowest BCUT2D eigenvalue weighted by atomic mass is 9.86. The van der Waals surface area contributed by atoms with Crippen molar-refractivity contribution >= 4 is 60.1 Å². The van der Waals surface area contributed by atoms with Gasteiger partial charge in [-0.1, -0.05) is 72.8 Å². The Labute approximate surface area is 149 Å². The van der Waals surface area contributed by atoms with Crippen LogP contribution < -0.4 is 0 Å². The molecule has 0 saturated heterocycles. The quantitative estimate of drug-likeness (QED) is 0.186. The highest BCUT2D eigenvalue weighted by Crippen LogP contribution is 2.44. The van der Waals surface area contributed by atoms with Crippen molar-refractivity contribution in [3.8, 4) is 0 Å². The van der Waals surface area contributed by atoms with Crippen molar-refractivity contribution < 1.29 is 4.79 Å². The number of rotatable bonds is 1. The first kappa shape index (κ1) is 13.8. The van der Waals surface area contributed by atoms with E-state index in [9.17, 15) is 4.79 Å². The Morgan fingerprint density at radius 1 is 0.500 bits per heavy atom. The SMILES string of the molecule is O=Cc1cccc2cc3ccc4cccc5c6ccccc6c(c12)c3c45. The standard InChI is InChI=1S/C25H14O/c26-14-18-7-3-6-16-13-17-12-11-15-5-4-10-20-19-8-1-2-9-21(19)25(22(16)18)24(17)23(15)20/h1-14H. The molecule has 0 atom stereocenters. The van der Waals surface area contributed by atoms with Gasteiger partial charge in [0.25, 0.3) is 0 Å². The van der Waals surface area contributed by atoms with Crippen molar-refractivity contribution in [2.75, 3.05) is 0 Å². The van der Waals surface area contributed by atoms with Gasteiger partial charge in [-0.2, -0.15) is 0 Å². The Morgan fingerprint density at radius 2 is 1.15 bits per heavy atom. The molecule has 0 heterocycles. The number of carbonyl (C=O) groups is 1. The van der Waals surface area contributed by atoms with Crippen molar-refractivity contribution in [3.05, 3.63) is 84.4 Å². The molecule has 0 aliphatic carbocycles. The van der Waals surface area contributed by atoms with E-state index in [1.54, 1.807) is 0 Å². The van der Waals surface area contributed by atoms with Crippen molar-refractivity contribution in [3.63, 3.8) is 0 Å². The second-order valence-corrected chi connectivity index (χ2v) is 6.93. The first-order valence-corrected chi connectivity index (χ1v) is 8.83. The minimum Gasteiger partial charge on any atom is -0.298 e. The Hall–Kier alpha value is -3.45. The smallest absolute Gasteiger partial charge is 0.150 e. The molecule has 0 unspecified atom stereocenters. The summed E-state index contributed by atoms with van der Waals surface area (Å²) in [5.74, 6) is 0. The average Bonchev–Trinajstić information content (AvgIpc) is 2.71. The Balaban J connectivity index is 2.14. The molecule has 0 saturated carbocycles. The molecule has 0 fully saturated rings. The molecule has 6 rings (SSSR count). The monoisotopic (exact) mass is 330 g/mol. The molecule has 0 amide bonds. The fourth-order valence-electron chi connectivity index (χ4n) is 4.60. The van der Waals surface area contributed by atoms with Crippen LogP contribution in [0.15, 0.2) is 78.9 Å². The van der Waals surface area contributed by atoms with Crippen molar-refractivity contribution in [1.82, 2.24) is 0 Å². The summed E-state index contributed by atoms with van der Waals surface area (Å²) in [6.07, 6.45) is 0.980. The van der Waals surface area contributed by atoms with Gasteiger partial charge in [-0.25, -0.2) is 0 Å². The van der Waals surface area contributed by atoms with Crippen LogP contribution in [0.25, 0.3) is 53.9 Å². The molecule has 120 valence electrons. The molecular weight excluding hydrogens is 316 g/mol. The van der Waals surface area contributed by atoms with Gasteiger partial charge in [-0.05, 0) is 54.5 Å². The largest absolute Gasteiger partial charge is 0.298 e. The maximum absolute atomic E-state index is 11.8. The molecule has 0 N–H and O–H groups in total. The van der Waals surface area contributed by atoms with Crippen LogP contribution in [-0.2, 0) is 0 Å². The Morgan fingerprint density at radius 3 is 2.04 bits per heavy atom. The Bertz CT molecular complexity index is 1490. The molecule has 0 aliphatic rings. The Kier molecular flexibility index (Phi) is 2.55. The second kappa shape index (κ2) is 4.80. The fraction of sp³-hybridized carbons (Fsp3) is 0. The van der Waals surface area contributed by atoms with Gasteiger partial charge >= 0.3 is 0 Å². The van der Waals surface area contributed by atoms with E-state index < -0.39 is 0 Å². The van der Waals surface area contributed by atoms with Crippen LogP contribution in [0.1, 0.15) is 10.4 Å². The van der Waals surface area contributed by atoms with Gasteiger partial charge in [0.15, 0.2) is 6.29 Å². The van der Waals surface area contributed by atoms with Gasteiger partial charge in [-0.3, -0.25) is 4.79 Å². The van der Waals surface area contributed by atoms with Crippen LogP contribution in [0, 0.1) is 0 Å². The first-order valence-electron chi connectivity index (χ1n) is 8.83. The van der Waals surface area contributed by atoms with Crippen molar-refractivity contribution in [1.29, 1.82) is 0 Å². The number of benzene rings is 6. The number of aldehydes is 1. The van der Waals surface area contributed by atoms with Gasteiger partial charge in [0.05, 0.1) is 0 Å². The van der Waals surface area contributed by atoms with Gasteiger partial charge in [0.2, 0.25) is 0 Å². The molecule has 6 aromatic rings. The summed E-state index contributed by atoms with van der Waals surface area (Å²) in [7, 11) is 0. The molecule has 0 radical (unpaired) electrons. The van der Waals surface area contributed by atoms with Crippen LogP contribution in [0.4, 0.5) is 0 Å².